The van der Waals surface area contributed by atoms with Crippen LogP contribution in [-0.2, 0) is 14.3 Å². The average molecular weight is 475 g/mol. The number of rotatable bonds is 9. The van der Waals surface area contributed by atoms with Crippen LogP contribution in [-0.4, -0.2) is 30.1 Å². The maximum atomic E-state index is 13.2. The van der Waals surface area contributed by atoms with Gasteiger partial charge in [-0.25, -0.2) is 0 Å². The molecule has 3 aromatic carbocycles. The summed E-state index contributed by atoms with van der Waals surface area (Å²) in [6.07, 6.45) is 1.64. The maximum absolute atomic E-state index is 13.2. The number of thioether (sulfide) groups is 1. The molecule has 2 N–H and O–H groups in total. The Labute approximate surface area is 203 Å². The van der Waals surface area contributed by atoms with Gasteiger partial charge in [-0.1, -0.05) is 54.1 Å². The van der Waals surface area contributed by atoms with E-state index < -0.39 is 5.91 Å². The summed E-state index contributed by atoms with van der Waals surface area (Å²) < 4.78 is 4.95. The van der Waals surface area contributed by atoms with Gasteiger partial charge in [-0.3, -0.25) is 14.4 Å². The van der Waals surface area contributed by atoms with E-state index in [1.807, 2.05) is 43.3 Å². The molecule has 0 aliphatic rings. The molecule has 0 fully saturated rings. The van der Waals surface area contributed by atoms with E-state index in [4.69, 9.17) is 4.74 Å². The highest BCUT2D eigenvalue weighted by molar-refractivity contribution is 8.00. The number of aryl methyl sites for hydroxylation is 1. The van der Waals surface area contributed by atoms with E-state index in [0.717, 1.165) is 16.0 Å². The molecule has 0 saturated carbocycles. The quantitative estimate of drug-likeness (QED) is 0.257. The minimum atomic E-state index is -0.460. The molecule has 2 amide bonds. The van der Waals surface area contributed by atoms with Crippen molar-refractivity contribution in [3.63, 3.8) is 0 Å². The standard InChI is InChI=1S/C27H26N2O4S/c1-3-33-25(30)18-34-23-14-8-13-22(17-23)28-27(32)24(16-20-10-7-9-19(2)15-20)29-26(31)21-11-5-4-6-12-21/h4-17H,3,18H2,1-2H3,(H,28,32)(H,29,31)/b24-16+. The third-order valence-electron chi connectivity index (χ3n) is 4.64. The Kier molecular flexibility index (Phi) is 9.05. The molecular formula is C27H26N2O4S. The molecule has 0 bridgehead atoms. The minimum Gasteiger partial charge on any atom is -0.465 e. The molecule has 3 aromatic rings. The van der Waals surface area contributed by atoms with E-state index in [1.165, 1.54) is 11.8 Å². The van der Waals surface area contributed by atoms with E-state index in [2.05, 4.69) is 10.6 Å². The summed E-state index contributed by atoms with van der Waals surface area (Å²) >= 11 is 1.32. The van der Waals surface area contributed by atoms with Crippen LogP contribution in [0.3, 0.4) is 0 Å². The molecule has 0 aliphatic heterocycles. The second-order valence-corrected chi connectivity index (χ2v) is 8.42. The Balaban J connectivity index is 1.79. The van der Waals surface area contributed by atoms with Crippen molar-refractivity contribution in [2.75, 3.05) is 17.7 Å². The molecule has 0 heterocycles. The van der Waals surface area contributed by atoms with Gasteiger partial charge < -0.3 is 15.4 Å². The third-order valence-corrected chi connectivity index (χ3v) is 5.60. The number of nitrogens with one attached hydrogen (secondary N) is 2. The Bertz CT molecular complexity index is 1190. The van der Waals surface area contributed by atoms with Crippen LogP contribution in [0, 0.1) is 6.92 Å². The molecular weight excluding hydrogens is 448 g/mol. The van der Waals surface area contributed by atoms with Crippen LogP contribution in [0.2, 0.25) is 0 Å². The Morgan fingerprint density at radius 3 is 2.44 bits per heavy atom. The lowest BCUT2D eigenvalue weighted by Gasteiger charge is -2.12. The van der Waals surface area contributed by atoms with Crippen molar-refractivity contribution in [1.29, 1.82) is 0 Å². The molecule has 7 heteroatoms. The second-order valence-electron chi connectivity index (χ2n) is 7.37. The Morgan fingerprint density at radius 1 is 0.941 bits per heavy atom. The summed E-state index contributed by atoms with van der Waals surface area (Å²) in [4.78, 5) is 38.3. The van der Waals surface area contributed by atoms with Crippen LogP contribution in [0.1, 0.15) is 28.4 Å². The monoisotopic (exact) mass is 474 g/mol. The van der Waals surface area contributed by atoms with Crippen LogP contribution in [0.5, 0.6) is 0 Å². The van der Waals surface area contributed by atoms with Crippen LogP contribution < -0.4 is 10.6 Å². The number of carbonyl (C=O) groups is 3. The number of benzene rings is 3. The molecule has 34 heavy (non-hydrogen) atoms. The zero-order valence-electron chi connectivity index (χ0n) is 19.0. The molecule has 0 spiro atoms. The van der Waals surface area contributed by atoms with Crippen LogP contribution in [0.25, 0.3) is 6.08 Å². The van der Waals surface area contributed by atoms with E-state index in [9.17, 15) is 14.4 Å². The van der Waals surface area contributed by atoms with Crippen LogP contribution in [0.15, 0.2) is 89.5 Å². The Morgan fingerprint density at radius 2 is 1.71 bits per heavy atom. The first kappa shape index (κ1) is 24.8. The van der Waals surface area contributed by atoms with Gasteiger partial charge in [0.2, 0.25) is 0 Å². The zero-order valence-corrected chi connectivity index (χ0v) is 19.9. The van der Waals surface area contributed by atoms with E-state index in [1.54, 1.807) is 55.5 Å². The fourth-order valence-corrected chi connectivity index (χ4v) is 3.83. The fourth-order valence-electron chi connectivity index (χ4n) is 3.08. The number of esters is 1. The lowest BCUT2D eigenvalue weighted by atomic mass is 10.1. The second kappa shape index (κ2) is 12.4. The van der Waals surface area contributed by atoms with Crippen molar-refractivity contribution in [3.05, 3.63) is 101 Å². The number of ether oxygens (including phenoxy) is 1. The average Bonchev–Trinajstić information content (AvgIpc) is 2.83. The first-order chi connectivity index (χ1) is 16.4. The number of anilines is 1. The van der Waals surface area contributed by atoms with E-state index in [0.29, 0.717) is 17.9 Å². The number of hydrogen-bond acceptors (Lipinski definition) is 5. The molecule has 3 rings (SSSR count). The first-order valence-corrected chi connectivity index (χ1v) is 11.8. The van der Waals surface area contributed by atoms with Crippen molar-refractivity contribution in [3.8, 4) is 0 Å². The van der Waals surface area contributed by atoms with Gasteiger partial charge in [-0.15, -0.1) is 11.8 Å². The molecule has 174 valence electrons. The van der Waals surface area contributed by atoms with Gasteiger partial charge in [0, 0.05) is 16.1 Å². The smallest absolute Gasteiger partial charge is 0.316 e. The van der Waals surface area contributed by atoms with Gasteiger partial charge >= 0.3 is 5.97 Å². The fraction of sp³-hybridized carbons (Fsp3) is 0.148. The molecule has 0 aliphatic carbocycles. The highest BCUT2D eigenvalue weighted by Crippen LogP contribution is 2.22. The zero-order chi connectivity index (χ0) is 24.3. The number of hydrogen-bond donors (Lipinski definition) is 2. The van der Waals surface area contributed by atoms with Gasteiger partial charge in [-0.2, -0.15) is 0 Å². The predicted octanol–water partition coefficient (Wildman–Crippen LogP) is 5.06. The van der Waals surface area contributed by atoms with Crippen LogP contribution in [0.4, 0.5) is 5.69 Å². The topological polar surface area (TPSA) is 84.5 Å². The van der Waals surface area contributed by atoms with E-state index in [-0.39, 0.29) is 23.3 Å². The third kappa shape index (κ3) is 7.64. The summed E-state index contributed by atoms with van der Waals surface area (Å²) in [5.74, 6) is -0.961. The van der Waals surface area contributed by atoms with Crippen molar-refractivity contribution in [2.24, 2.45) is 0 Å². The van der Waals surface area contributed by atoms with Gasteiger partial charge in [0.15, 0.2) is 0 Å². The maximum Gasteiger partial charge on any atom is 0.316 e. The number of amides is 2. The first-order valence-electron chi connectivity index (χ1n) is 10.8. The lowest BCUT2D eigenvalue weighted by molar-refractivity contribution is -0.139. The van der Waals surface area contributed by atoms with Crippen molar-refractivity contribution in [2.45, 2.75) is 18.7 Å². The molecule has 0 unspecified atom stereocenters. The molecule has 6 nitrogen and oxygen atoms in total. The molecule has 0 radical (unpaired) electrons. The Hall–Kier alpha value is -3.84. The SMILES string of the molecule is CCOC(=O)CSc1cccc(NC(=O)/C(=C\c2cccc(C)c2)NC(=O)c2ccccc2)c1. The molecule has 0 aromatic heterocycles. The predicted molar refractivity (Wildman–Crippen MR) is 135 cm³/mol. The summed E-state index contributed by atoms with van der Waals surface area (Å²) in [6.45, 7) is 4.05. The summed E-state index contributed by atoms with van der Waals surface area (Å²) in [5.41, 5.74) is 2.93. The van der Waals surface area contributed by atoms with Gasteiger partial charge in [0.05, 0.1) is 12.4 Å². The molecule has 0 saturated heterocycles. The molecule has 0 atom stereocenters. The lowest BCUT2D eigenvalue weighted by Crippen LogP contribution is -2.30. The van der Waals surface area contributed by atoms with Crippen LogP contribution >= 0.6 is 11.8 Å². The minimum absolute atomic E-state index is 0.115. The van der Waals surface area contributed by atoms with E-state index >= 15 is 0 Å². The van der Waals surface area contributed by atoms with Gasteiger partial charge in [-0.05, 0) is 55.8 Å². The normalized spacial score (nSPS) is 10.9. The van der Waals surface area contributed by atoms with Gasteiger partial charge in [0.25, 0.3) is 11.8 Å². The highest BCUT2D eigenvalue weighted by Gasteiger charge is 2.15. The van der Waals surface area contributed by atoms with Crippen molar-refractivity contribution in [1.82, 2.24) is 5.32 Å². The van der Waals surface area contributed by atoms with Gasteiger partial charge in [0.1, 0.15) is 5.70 Å². The summed E-state index contributed by atoms with van der Waals surface area (Å²) in [7, 11) is 0. The largest absolute Gasteiger partial charge is 0.465 e. The number of carbonyl (C=O) groups excluding carboxylic acids is 3. The summed E-state index contributed by atoms with van der Waals surface area (Å²) in [6, 6.07) is 23.5. The summed E-state index contributed by atoms with van der Waals surface area (Å²) in [5, 5.41) is 5.57. The van der Waals surface area contributed by atoms with Crippen molar-refractivity contribution < 1.29 is 19.1 Å². The highest BCUT2D eigenvalue weighted by atomic mass is 32.2. The van der Waals surface area contributed by atoms with Crippen molar-refractivity contribution >= 4 is 41.3 Å².